The number of nitrogens with one attached hydrogen (secondary N) is 2. The third-order valence-corrected chi connectivity index (χ3v) is 4.10. The lowest BCUT2D eigenvalue weighted by Gasteiger charge is -2.28. The molecule has 5 heteroatoms. The predicted octanol–water partition coefficient (Wildman–Crippen LogP) is 3.47. The first-order valence-corrected chi connectivity index (χ1v) is 7.92. The number of halogens is 1. The van der Waals surface area contributed by atoms with Crippen molar-refractivity contribution in [2.75, 3.05) is 25.0 Å². The van der Waals surface area contributed by atoms with Gasteiger partial charge in [-0.25, -0.2) is 0 Å². The molecule has 1 aromatic carbocycles. The van der Waals surface area contributed by atoms with Gasteiger partial charge in [0.25, 0.3) is 0 Å². The highest BCUT2D eigenvalue weighted by Crippen LogP contribution is 2.23. The Morgan fingerprint density at radius 1 is 1.41 bits per heavy atom. The summed E-state index contributed by atoms with van der Waals surface area (Å²) in [5.41, 5.74) is 0.831. The normalized spacial score (nSPS) is 18.9. The highest BCUT2D eigenvalue weighted by molar-refractivity contribution is 5.90. The summed E-state index contributed by atoms with van der Waals surface area (Å²) in [5.74, 6) is 1.96. The molecule has 124 valence electrons. The maximum atomic E-state index is 12.1. The molecule has 0 aromatic heterocycles. The van der Waals surface area contributed by atoms with Gasteiger partial charge >= 0.3 is 0 Å². The molecule has 0 radical (unpaired) electrons. The molecule has 1 aromatic rings. The van der Waals surface area contributed by atoms with E-state index in [1.54, 1.807) is 0 Å². The Morgan fingerprint density at radius 2 is 2.14 bits per heavy atom. The SMILES string of the molecule is CCOc1ccc(NC(=O)CC(C)C2CCCNC2)cc1.Cl. The van der Waals surface area contributed by atoms with Gasteiger partial charge in [-0.1, -0.05) is 6.92 Å². The van der Waals surface area contributed by atoms with Crippen LogP contribution in [0.1, 0.15) is 33.1 Å². The maximum Gasteiger partial charge on any atom is 0.224 e. The van der Waals surface area contributed by atoms with Gasteiger partial charge in [0.05, 0.1) is 6.61 Å². The van der Waals surface area contributed by atoms with Crippen molar-refractivity contribution in [1.29, 1.82) is 0 Å². The Hall–Kier alpha value is -1.26. The molecular weight excluding hydrogens is 300 g/mol. The van der Waals surface area contributed by atoms with Gasteiger partial charge in [-0.15, -0.1) is 12.4 Å². The summed E-state index contributed by atoms with van der Waals surface area (Å²) >= 11 is 0. The first kappa shape index (κ1) is 18.8. The summed E-state index contributed by atoms with van der Waals surface area (Å²) < 4.78 is 5.39. The lowest BCUT2D eigenvalue weighted by molar-refractivity contribution is -0.117. The van der Waals surface area contributed by atoms with Crippen LogP contribution in [0.3, 0.4) is 0 Å². The van der Waals surface area contributed by atoms with Gasteiger partial charge < -0.3 is 15.4 Å². The maximum absolute atomic E-state index is 12.1. The second kappa shape index (κ2) is 9.70. The average molecular weight is 327 g/mol. The van der Waals surface area contributed by atoms with Crippen molar-refractivity contribution < 1.29 is 9.53 Å². The van der Waals surface area contributed by atoms with E-state index < -0.39 is 0 Å². The summed E-state index contributed by atoms with van der Waals surface area (Å²) in [5, 5.41) is 6.38. The molecule has 0 aliphatic carbocycles. The fraction of sp³-hybridized carbons (Fsp3) is 0.588. The number of carbonyl (C=O) groups excluding carboxylic acids is 1. The highest BCUT2D eigenvalue weighted by atomic mass is 35.5. The minimum absolute atomic E-state index is 0. The lowest BCUT2D eigenvalue weighted by atomic mass is 9.85. The first-order valence-electron chi connectivity index (χ1n) is 7.92. The number of anilines is 1. The molecule has 1 heterocycles. The van der Waals surface area contributed by atoms with Crippen molar-refractivity contribution in [2.24, 2.45) is 11.8 Å². The van der Waals surface area contributed by atoms with Gasteiger partial charge in [-0.3, -0.25) is 4.79 Å². The van der Waals surface area contributed by atoms with Crippen molar-refractivity contribution in [3.8, 4) is 5.75 Å². The average Bonchev–Trinajstić information content (AvgIpc) is 2.50. The Balaban J connectivity index is 0.00000242. The van der Waals surface area contributed by atoms with E-state index in [2.05, 4.69) is 17.6 Å². The summed E-state index contributed by atoms with van der Waals surface area (Å²) in [6.45, 7) is 6.93. The number of ether oxygens (including phenoxy) is 1. The van der Waals surface area contributed by atoms with Gasteiger partial charge in [0, 0.05) is 12.1 Å². The first-order chi connectivity index (χ1) is 10.2. The molecule has 4 nitrogen and oxygen atoms in total. The van der Waals surface area contributed by atoms with Crippen molar-refractivity contribution in [3.05, 3.63) is 24.3 Å². The summed E-state index contributed by atoms with van der Waals surface area (Å²) in [4.78, 5) is 12.1. The lowest BCUT2D eigenvalue weighted by Crippen LogP contribution is -2.34. The Kier molecular flexibility index (Phi) is 8.28. The zero-order chi connectivity index (χ0) is 15.1. The third kappa shape index (κ3) is 5.85. The molecule has 2 N–H and O–H groups in total. The van der Waals surface area contributed by atoms with E-state index in [-0.39, 0.29) is 18.3 Å². The molecule has 22 heavy (non-hydrogen) atoms. The van der Waals surface area contributed by atoms with E-state index in [9.17, 15) is 4.79 Å². The summed E-state index contributed by atoms with van der Waals surface area (Å²) in [6, 6.07) is 7.53. The van der Waals surface area contributed by atoms with Crippen molar-refractivity contribution in [2.45, 2.75) is 33.1 Å². The number of piperidine rings is 1. The molecule has 2 atom stereocenters. The number of amides is 1. The van der Waals surface area contributed by atoms with Crippen LogP contribution < -0.4 is 15.4 Å². The second-order valence-corrected chi connectivity index (χ2v) is 5.79. The van der Waals surface area contributed by atoms with Crippen molar-refractivity contribution >= 4 is 24.0 Å². The predicted molar refractivity (Wildman–Crippen MR) is 92.9 cm³/mol. The minimum Gasteiger partial charge on any atom is -0.494 e. The molecule has 1 amide bonds. The van der Waals surface area contributed by atoms with E-state index in [1.165, 1.54) is 12.8 Å². The topological polar surface area (TPSA) is 50.4 Å². The number of hydrogen-bond donors (Lipinski definition) is 2. The van der Waals surface area contributed by atoms with E-state index in [1.807, 2.05) is 31.2 Å². The highest BCUT2D eigenvalue weighted by Gasteiger charge is 2.21. The van der Waals surface area contributed by atoms with Gasteiger partial charge in [0.15, 0.2) is 0 Å². The molecule has 1 aliphatic rings. The van der Waals surface area contributed by atoms with Gasteiger partial charge in [0.1, 0.15) is 5.75 Å². The molecule has 0 saturated carbocycles. The van der Waals surface area contributed by atoms with Crippen LogP contribution in [0, 0.1) is 11.8 Å². The molecular formula is C17H27ClN2O2. The summed E-state index contributed by atoms with van der Waals surface area (Å²) in [7, 11) is 0. The Morgan fingerprint density at radius 3 is 2.73 bits per heavy atom. The van der Waals surface area contributed by atoms with E-state index >= 15 is 0 Å². The van der Waals surface area contributed by atoms with Crippen LogP contribution in [0.5, 0.6) is 5.75 Å². The summed E-state index contributed by atoms with van der Waals surface area (Å²) in [6.07, 6.45) is 3.03. The van der Waals surface area contributed by atoms with Crippen LogP contribution >= 0.6 is 12.4 Å². The van der Waals surface area contributed by atoms with E-state index in [0.717, 1.165) is 24.5 Å². The largest absolute Gasteiger partial charge is 0.494 e. The van der Waals surface area contributed by atoms with Crippen LogP contribution in [0.4, 0.5) is 5.69 Å². The fourth-order valence-electron chi connectivity index (χ4n) is 2.84. The molecule has 1 fully saturated rings. The zero-order valence-corrected chi connectivity index (χ0v) is 14.2. The third-order valence-electron chi connectivity index (χ3n) is 4.10. The second-order valence-electron chi connectivity index (χ2n) is 5.79. The van der Waals surface area contributed by atoms with Crippen molar-refractivity contribution in [3.63, 3.8) is 0 Å². The Labute approximate surface area is 139 Å². The minimum atomic E-state index is 0. The molecule has 1 aliphatic heterocycles. The quantitative estimate of drug-likeness (QED) is 0.841. The van der Waals surface area contributed by atoms with E-state index in [0.29, 0.717) is 24.9 Å². The number of rotatable bonds is 6. The Bertz CT molecular complexity index is 444. The molecule has 1 saturated heterocycles. The smallest absolute Gasteiger partial charge is 0.224 e. The number of benzene rings is 1. The van der Waals surface area contributed by atoms with Crippen LogP contribution in [0.25, 0.3) is 0 Å². The van der Waals surface area contributed by atoms with Gasteiger partial charge in [-0.05, 0) is 69.0 Å². The fourth-order valence-corrected chi connectivity index (χ4v) is 2.84. The van der Waals surface area contributed by atoms with Gasteiger partial charge in [-0.2, -0.15) is 0 Å². The van der Waals surface area contributed by atoms with Crippen molar-refractivity contribution in [1.82, 2.24) is 5.32 Å². The van der Waals surface area contributed by atoms with E-state index in [4.69, 9.17) is 4.74 Å². The molecule has 2 rings (SSSR count). The molecule has 0 bridgehead atoms. The molecule has 2 unspecified atom stereocenters. The standard InChI is InChI=1S/C17H26N2O2.ClH/c1-3-21-16-8-6-15(7-9-16)19-17(20)11-13(2)14-5-4-10-18-12-14;/h6-9,13-14,18H,3-5,10-12H2,1-2H3,(H,19,20);1H. The monoisotopic (exact) mass is 326 g/mol. The molecule has 0 spiro atoms. The van der Waals surface area contributed by atoms with Crippen LogP contribution in [-0.4, -0.2) is 25.6 Å². The number of carbonyl (C=O) groups is 1. The van der Waals surface area contributed by atoms with Crippen LogP contribution in [0.15, 0.2) is 24.3 Å². The van der Waals surface area contributed by atoms with Gasteiger partial charge in [0.2, 0.25) is 5.91 Å². The zero-order valence-electron chi connectivity index (χ0n) is 13.4. The van der Waals surface area contributed by atoms with Crippen LogP contribution in [0.2, 0.25) is 0 Å². The van der Waals surface area contributed by atoms with Crippen LogP contribution in [-0.2, 0) is 4.79 Å². The number of hydrogen-bond acceptors (Lipinski definition) is 3.